The monoisotopic (exact) mass is 435 g/mol. The van der Waals surface area contributed by atoms with E-state index in [0.717, 1.165) is 11.3 Å². The van der Waals surface area contributed by atoms with E-state index in [1.807, 2.05) is 0 Å². The topological polar surface area (TPSA) is 78.9 Å². The molecule has 9 heteroatoms. The number of hydrogen-bond donors (Lipinski definition) is 1. The second-order valence-corrected chi connectivity index (χ2v) is 8.97. The van der Waals surface area contributed by atoms with Crippen LogP contribution in [-0.2, 0) is 14.8 Å². The van der Waals surface area contributed by atoms with Gasteiger partial charge in [0.1, 0.15) is 16.5 Å². The van der Waals surface area contributed by atoms with Crippen molar-refractivity contribution in [3.8, 4) is 5.75 Å². The fourth-order valence-electron chi connectivity index (χ4n) is 3.45. The molecule has 1 saturated heterocycles. The van der Waals surface area contributed by atoms with Gasteiger partial charge in [-0.05, 0) is 55.8 Å². The van der Waals surface area contributed by atoms with Crippen LogP contribution in [0.1, 0.15) is 12.5 Å². The van der Waals surface area contributed by atoms with Crippen molar-refractivity contribution >= 4 is 21.6 Å². The second-order valence-electron chi connectivity index (χ2n) is 7.29. The third-order valence-electron chi connectivity index (χ3n) is 5.09. The molecule has 1 aliphatic rings. The molecule has 1 heterocycles. The molecule has 2 aromatic carbocycles. The molecule has 3 rings (SSSR count). The number of nitrogens with one attached hydrogen (secondary N) is 1. The van der Waals surface area contributed by atoms with Gasteiger partial charge in [-0.3, -0.25) is 4.79 Å². The number of sulfonamides is 1. The van der Waals surface area contributed by atoms with Crippen molar-refractivity contribution in [3.05, 3.63) is 53.8 Å². The lowest BCUT2D eigenvalue weighted by molar-refractivity contribution is -0.132. The number of hydrogen-bond acceptors (Lipinski definition) is 5. The van der Waals surface area contributed by atoms with Crippen LogP contribution >= 0.6 is 0 Å². The first kappa shape index (κ1) is 22.0. The normalized spacial score (nSPS) is 15.7. The van der Waals surface area contributed by atoms with Gasteiger partial charge in [0.25, 0.3) is 0 Å². The van der Waals surface area contributed by atoms with E-state index in [-0.39, 0.29) is 22.4 Å². The lowest BCUT2D eigenvalue weighted by Gasteiger charge is -2.37. The van der Waals surface area contributed by atoms with Crippen LogP contribution in [0.2, 0.25) is 0 Å². The quantitative estimate of drug-likeness (QED) is 0.752. The number of halogens is 1. The highest BCUT2D eigenvalue weighted by Crippen LogP contribution is 2.25. The van der Waals surface area contributed by atoms with Gasteiger partial charge in [0.05, 0.1) is 13.2 Å². The number of ether oxygens (including phenoxy) is 1. The molecule has 0 spiro atoms. The predicted molar refractivity (Wildman–Crippen MR) is 113 cm³/mol. The summed E-state index contributed by atoms with van der Waals surface area (Å²) in [5, 5.41) is 0. The van der Waals surface area contributed by atoms with Crippen molar-refractivity contribution < 1.29 is 22.3 Å². The van der Waals surface area contributed by atoms with Gasteiger partial charge in [-0.2, -0.15) is 4.72 Å². The number of aryl methyl sites for hydroxylation is 1. The molecule has 1 aliphatic heterocycles. The molecule has 162 valence electrons. The third kappa shape index (κ3) is 4.91. The maximum atomic E-state index is 13.1. The van der Waals surface area contributed by atoms with Crippen molar-refractivity contribution in [1.29, 1.82) is 0 Å². The van der Waals surface area contributed by atoms with Crippen LogP contribution < -0.4 is 14.4 Å². The summed E-state index contributed by atoms with van der Waals surface area (Å²) in [5.74, 6) is -0.358. The molecular formula is C21H26FN3O4S. The van der Waals surface area contributed by atoms with Crippen LogP contribution in [0.4, 0.5) is 10.1 Å². The summed E-state index contributed by atoms with van der Waals surface area (Å²) in [6, 6.07) is 10.2. The minimum atomic E-state index is -3.93. The Hall–Kier alpha value is -2.65. The number of piperazine rings is 1. The zero-order chi connectivity index (χ0) is 21.9. The van der Waals surface area contributed by atoms with E-state index >= 15 is 0 Å². The van der Waals surface area contributed by atoms with Gasteiger partial charge >= 0.3 is 0 Å². The predicted octanol–water partition coefficient (Wildman–Crippen LogP) is 2.16. The Morgan fingerprint density at radius 2 is 1.73 bits per heavy atom. The van der Waals surface area contributed by atoms with Crippen LogP contribution in [0.25, 0.3) is 0 Å². The first-order chi connectivity index (χ1) is 14.2. The van der Waals surface area contributed by atoms with Crippen LogP contribution in [0.5, 0.6) is 5.75 Å². The van der Waals surface area contributed by atoms with Gasteiger partial charge < -0.3 is 14.5 Å². The number of carbonyl (C=O) groups excluding carboxylic acids is 1. The SMILES string of the molecule is COc1ccc(C)cc1S(=O)(=O)N[C@@H](C)C(=O)N1CCN(c2ccc(F)cc2)CC1. The Kier molecular flexibility index (Phi) is 6.62. The average molecular weight is 436 g/mol. The molecule has 7 nitrogen and oxygen atoms in total. The van der Waals surface area contributed by atoms with Crippen LogP contribution in [0, 0.1) is 12.7 Å². The van der Waals surface area contributed by atoms with E-state index in [1.54, 1.807) is 36.1 Å². The fourth-order valence-corrected chi connectivity index (χ4v) is 4.90. The fraction of sp³-hybridized carbons (Fsp3) is 0.381. The van der Waals surface area contributed by atoms with E-state index in [0.29, 0.717) is 26.2 Å². The standard InChI is InChI=1S/C21H26FN3O4S/c1-15-4-9-19(29-3)20(14-15)30(27,28)23-16(2)21(26)25-12-10-24(11-13-25)18-7-5-17(22)6-8-18/h4-9,14,16,23H,10-13H2,1-3H3/t16-/m0/s1. The van der Waals surface area contributed by atoms with E-state index in [1.165, 1.54) is 32.2 Å². The second kappa shape index (κ2) is 9.01. The minimum Gasteiger partial charge on any atom is -0.495 e. The van der Waals surface area contributed by atoms with Crippen molar-refractivity contribution in [2.24, 2.45) is 0 Å². The van der Waals surface area contributed by atoms with E-state index in [4.69, 9.17) is 4.74 Å². The van der Waals surface area contributed by atoms with Gasteiger partial charge in [-0.1, -0.05) is 6.07 Å². The summed E-state index contributed by atoms with van der Waals surface area (Å²) in [4.78, 5) is 16.5. The highest BCUT2D eigenvalue weighted by atomic mass is 32.2. The largest absolute Gasteiger partial charge is 0.495 e. The van der Waals surface area contributed by atoms with Crippen molar-refractivity contribution in [3.63, 3.8) is 0 Å². The van der Waals surface area contributed by atoms with Crippen molar-refractivity contribution in [1.82, 2.24) is 9.62 Å². The molecule has 0 aromatic heterocycles. The molecular weight excluding hydrogens is 409 g/mol. The maximum Gasteiger partial charge on any atom is 0.244 e. The number of carbonyl (C=O) groups is 1. The van der Waals surface area contributed by atoms with Crippen LogP contribution in [-0.4, -0.2) is 58.6 Å². The zero-order valence-corrected chi connectivity index (χ0v) is 18.1. The first-order valence-corrected chi connectivity index (χ1v) is 11.2. The number of methoxy groups -OCH3 is 1. The molecule has 1 fully saturated rings. The Labute approximate surface area is 176 Å². The molecule has 0 radical (unpaired) electrons. The Morgan fingerprint density at radius 1 is 1.10 bits per heavy atom. The summed E-state index contributed by atoms with van der Waals surface area (Å²) in [6.45, 7) is 5.40. The first-order valence-electron chi connectivity index (χ1n) is 9.67. The van der Waals surface area contributed by atoms with E-state index < -0.39 is 16.1 Å². The highest BCUT2D eigenvalue weighted by Gasteiger charge is 2.29. The smallest absolute Gasteiger partial charge is 0.244 e. The van der Waals surface area contributed by atoms with E-state index in [2.05, 4.69) is 9.62 Å². The molecule has 0 unspecified atom stereocenters. The zero-order valence-electron chi connectivity index (χ0n) is 17.3. The Morgan fingerprint density at radius 3 is 2.33 bits per heavy atom. The number of nitrogens with zero attached hydrogens (tertiary/aromatic N) is 2. The molecule has 2 aromatic rings. The average Bonchev–Trinajstić information content (AvgIpc) is 2.73. The molecule has 1 amide bonds. The highest BCUT2D eigenvalue weighted by molar-refractivity contribution is 7.89. The Bertz CT molecular complexity index is 1000. The van der Waals surface area contributed by atoms with Crippen LogP contribution in [0.3, 0.4) is 0 Å². The van der Waals surface area contributed by atoms with Gasteiger partial charge in [-0.25, -0.2) is 12.8 Å². The summed E-state index contributed by atoms with van der Waals surface area (Å²) >= 11 is 0. The molecule has 0 aliphatic carbocycles. The Balaban J connectivity index is 1.64. The molecule has 30 heavy (non-hydrogen) atoms. The molecule has 1 atom stereocenters. The van der Waals surface area contributed by atoms with Gasteiger partial charge in [0, 0.05) is 31.9 Å². The molecule has 0 bridgehead atoms. The number of rotatable bonds is 6. The van der Waals surface area contributed by atoms with Gasteiger partial charge in [-0.15, -0.1) is 0 Å². The number of benzene rings is 2. The summed E-state index contributed by atoms with van der Waals surface area (Å²) in [7, 11) is -2.53. The van der Waals surface area contributed by atoms with Crippen LogP contribution in [0.15, 0.2) is 47.4 Å². The lowest BCUT2D eigenvalue weighted by Crippen LogP contribution is -2.54. The molecule has 0 saturated carbocycles. The van der Waals surface area contributed by atoms with E-state index in [9.17, 15) is 17.6 Å². The number of anilines is 1. The summed E-state index contributed by atoms with van der Waals surface area (Å²) in [6.07, 6.45) is 0. The minimum absolute atomic E-state index is 0.00535. The van der Waals surface area contributed by atoms with Gasteiger partial charge in [0.2, 0.25) is 15.9 Å². The summed E-state index contributed by atoms with van der Waals surface area (Å²) in [5.41, 5.74) is 1.66. The number of amides is 1. The maximum absolute atomic E-state index is 13.1. The lowest BCUT2D eigenvalue weighted by atomic mass is 10.2. The van der Waals surface area contributed by atoms with Gasteiger partial charge in [0.15, 0.2) is 0 Å². The molecule has 1 N–H and O–H groups in total. The third-order valence-corrected chi connectivity index (χ3v) is 6.66. The van der Waals surface area contributed by atoms with Crippen molar-refractivity contribution in [2.45, 2.75) is 24.8 Å². The summed E-state index contributed by atoms with van der Waals surface area (Å²) < 4.78 is 46.4. The van der Waals surface area contributed by atoms with Crippen molar-refractivity contribution in [2.75, 3.05) is 38.2 Å².